The van der Waals surface area contributed by atoms with Crippen LogP contribution in [0.2, 0.25) is 0 Å². The number of nitrogens with one attached hydrogen (secondary N) is 1. The summed E-state index contributed by atoms with van der Waals surface area (Å²) in [5, 5.41) is 3.32. The Bertz CT molecular complexity index is 342. The summed E-state index contributed by atoms with van der Waals surface area (Å²) in [6.45, 7) is 7.11. The Hall–Kier alpha value is -0.950. The molecule has 1 heterocycles. The second kappa shape index (κ2) is 9.91. The molecule has 1 N–H and O–H groups in total. The van der Waals surface area contributed by atoms with Crippen molar-refractivity contribution >= 4 is 0 Å². The average Bonchev–Trinajstić information content (AvgIpc) is 2.76. The first-order chi connectivity index (χ1) is 9.29. The van der Waals surface area contributed by atoms with Gasteiger partial charge in [0.15, 0.2) is 0 Å². The lowest BCUT2D eigenvalue weighted by Gasteiger charge is -2.11. The smallest absolute Gasteiger partial charge is 0.105 e. The Labute approximate surface area is 115 Å². The molecule has 0 amide bonds. The summed E-state index contributed by atoms with van der Waals surface area (Å²) in [4.78, 5) is 4.34. The van der Waals surface area contributed by atoms with E-state index in [9.17, 15) is 0 Å². The Morgan fingerprint density at radius 3 is 2.68 bits per heavy atom. The van der Waals surface area contributed by atoms with E-state index in [1.807, 2.05) is 13.1 Å². The van der Waals surface area contributed by atoms with Gasteiger partial charge < -0.3 is 24.1 Å². The molecule has 1 rings (SSSR count). The molecule has 0 aliphatic carbocycles. The molecule has 0 unspecified atom stereocenters. The fraction of sp³-hybridized carbons (Fsp3) is 0.769. The Balaban J connectivity index is 2.32. The van der Waals surface area contributed by atoms with Gasteiger partial charge in [0.25, 0.3) is 0 Å². The SMILES string of the molecule is COCCNCc1cnc(C)n1CCOCCOC. The third-order valence-corrected chi connectivity index (χ3v) is 2.82. The molecule has 6 heteroatoms. The van der Waals surface area contributed by atoms with Gasteiger partial charge in [-0.1, -0.05) is 0 Å². The lowest BCUT2D eigenvalue weighted by molar-refractivity contribution is 0.0661. The van der Waals surface area contributed by atoms with Crippen molar-refractivity contribution in [2.75, 3.05) is 47.2 Å². The minimum Gasteiger partial charge on any atom is -0.383 e. The molecule has 0 saturated heterocycles. The summed E-state index contributed by atoms with van der Waals surface area (Å²) in [7, 11) is 3.38. The van der Waals surface area contributed by atoms with E-state index < -0.39 is 0 Å². The van der Waals surface area contributed by atoms with Crippen molar-refractivity contribution in [3.8, 4) is 0 Å². The molecule has 0 aromatic carbocycles. The standard InChI is InChI=1S/C13H25N3O3/c1-12-15-11-13(10-14-4-6-17-2)16(12)5-7-19-9-8-18-3/h11,14H,4-10H2,1-3H3. The molecule has 0 aliphatic heterocycles. The number of aryl methyl sites for hydroxylation is 1. The average molecular weight is 271 g/mol. The van der Waals surface area contributed by atoms with Gasteiger partial charge in [0.1, 0.15) is 5.82 Å². The highest BCUT2D eigenvalue weighted by atomic mass is 16.5. The van der Waals surface area contributed by atoms with Crippen LogP contribution in [-0.2, 0) is 27.3 Å². The summed E-state index contributed by atoms with van der Waals surface area (Å²) >= 11 is 0. The molecular weight excluding hydrogens is 246 g/mol. The van der Waals surface area contributed by atoms with Gasteiger partial charge in [-0.3, -0.25) is 0 Å². The van der Waals surface area contributed by atoms with Gasteiger partial charge in [0.05, 0.1) is 32.1 Å². The van der Waals surface area contributed by atoms with Gasteiger partial charge >= 0.3 is 0 Å². The molecule has 1 aromatic rings. The molecule has 0 spiro atoms. The van der Waals surface area contributed by atoms with E-state index in [0.717, 1.165) is 25.5 Å². The number of ether oxygens (including phenoxy) is 3. The van der Waals surface area contributed by atoms with Gasteiger partial charge in [-0.2, -0.15) is 0 Å². The first-order valence-corrected chi connectivity index (χ1v) is 6.57. The molecule has 0 bridgehead atoms. The fourth-order valence-electron chi connectivity index (χ4n) is 1.75. The van der Waals surface area contributed by atoms with Crippen LogP contribution in [0.15, 0.2) is 6.20 Å². The number of imidazole rings is 1. The molecule has 0 aliphatic rings. The minimum absolute atomic E-state index is 0.631. The molecule has 6 nitrogen and oxygen atoms in total. The van der Waals surface area contributed by atoms with Crippen LogP contribution in [0.5, 0.6) is 0 Å². The van der Waals surface area contributed by atoms with E-state index in [2.05, 4.69) is 14.9 Å². The summed E-state index contributed by atoms with van der Waals surface area (Å²) in [5.41, 5.74) is 1.17. The second-order valence-electron chi connectivity index (χ2n) is 4.22. The van der Waals surface area contributed by atoms with Crippen LogP contribution >= 0.6 is 0 Å². The maximum atomic E-state index is 5.49. The zero-order chi connectivity index (χ0) is 13.9. The fourth-order valence-corrected chi connectivity index (χ4v) is 1.75. The third-order valence-electron chi connectivity index (χ3n) is 2.82. The molecule has 0 fully saturated rings. The number of rotatable bonds is 11. The number of hydrogen-bond acceptors (Lipinski definition) is 5. The van der Waals surface area contributed by atoms with Crippen molar-refractivity contribution in [3.63, 3.8) is 0 Å². The lowest BCUT2D eigenvalue weighted by Crippen LogP contribution is -2.21. The van der Waals surface area contributed by atoms with Gasteiger partial charge in [-0.05, 0) is 6.92 Å². The topological polar surface area (TPSA) is 57.5 Å². The third kappa shape index (κ3) is 6.15. The Kier molecular flexibility index (Phi) is 8.40. The van der Waals surface area contributed by atoms with Gasteiger partial charge in [-0.15, -0.1) is 0 Å². The maximum Gasteiger partial charge on any atom is 0.105 e. The van der Waals surface area contributed by atoms with E-state index in [0.29, 0.717) is 26.4 Å². The predicted molar refractivity (Wildman–Crippen MR) is 73.2 cm³/mol. The van der Waals surface area contributed by atoms with Crippen molar-refractivity contribution in [1.29, 1.82) is 0 Å². The van der Waals surface area contributed by atoms with Crippen LogP contribution in [0.25, 0.3) is 0 Å². The second-order valence-corrected chi connectivity index (χ2v) is 4.22. The van der Waals surface area contributed by atoms with Gasteiger partial charge in [-0.25, -0.2) is 4.98 Å². The number of hydrogen-bond donors (Lipinski definition) is 1. The molecule has 0 saturated carbocycles. The largest absolute Gasteiger partial charge is 0.383 e. The Morgan fingerprint density at radius 1 is 1.16 bits per heavy atom. The van der Waals surface area contributed by atoms with Crippen molar-refractivity contribution in [1.82, 2.24) is 14.9 Å². The zero-order valence-corrected chi connectivity index (χ0v) is 12.1. The molecule has 1 aromatic heterocycles. The molecule has 0 radical (unpaired) electrons. The van der Waals surface area contributed by atoms with Gasteiger partial charge in [0, 0.05) is 40.1 Å². The van der Waals surface area contributed by atoms with Crippen LogP contribution in [0.1, 0.15) is 11.5 Å². The summed E-state index contributed by atoms with van der Waals surface area (Å²) < 4.78 is 17.6. The summed E-state index contributed by atoms with van der Waals surface area (Å²) in [6, 6.07) is 0. The van der Waals surface area contributed by atoms with Crippen molar-refractivity contribution < 1.29 is 14.2 Å². The highest BCUT2D eigenvalue weighted by molar-refractivity contribution is 5.04. The highest BCUT2D eigenvalue weighted by Gasteiger charge is 2.05. The summed E-state index contributed by atoms with van der Waals surface area (Å²) in [5.74, 6) is 1.01. The van der Waals surface area contributed by atoms with Crippen molar-refractivity contribution in [2.45, 2.75) is 20.0 Å². The van der Waals surface area contributed by atoms with Crippen molar-refractivity contribution in [2.24, 2.45) is 0 Å². The van der Waals surface area contributed by atoms with E-state index in [-0.39, 0.29) is 0 Å². The predicted octanol–water partition coefficient (Wildman–Crippen LogP) is 0.591. The normalized spacial score (nSPS) is 11.1. The van der Waals surface area contributed by atoms with Crippen LogP contribution in [-0.4, -0.2) is 56.7 Å². The van der Waals surface area contributed by atoms with E-state index >= 15 is 0 Å². The molecular formula is C13H25N3O3. The first-order valence-electron chi connectivity index (χ1n) is 6.57. The van der Waals surface area contributed by atoms with Crippen LogP contribution in [0.4, 0.5) is 0 Å². The molecule has 19 heavy (non-hydrogen) atoms. The van der Waals surface area contributed by atoms with Crippen LogP contribution in [0.3, 0.4) is 0 Å². The van der Waals surface area contributed by atoms with Crippen LogP contribution in [0, 0.1) is 6.92 Å². The van der Waals surface area contributed by atoms with E-state index in [1.54, 1.807) is 14.2 Å². The van der Waals surface area contributed by atoms with Gasteiger partial charge in [0.2, 0.25) is 0 Å². The molecule has 110 valence electrons. The summed E-state index contributed by atoms with van der Waals surface area (Å²) in [6.07, 6.45) is 1.91. The lowest BCUT2D eigenvalue weighted by atomic mass is 10.4. The maximum absolute atomic E-state index is 5.49. The monoisotopic (exact) mass is 271 g/mol. The van der Waals surface area contributed by atoms with Crippen LogP contribution < -0.4 is 5.32 Å². The molecule has 0 atom stereocenters. The quantitative estimate of drug-likeness (QED) is 0.597. The zero-order valence-electron chi connectivity index (χ0n) is 12.1. The van der Waals surface area contributed by atoms with E-state index in [4.69, 9.17) is 14.2 Å². The first kappa shape index (κ1) is 16.1. The highest BCUT2D eigenvalue weighted by Crippen LogP contribution is 2.04. The number of aromatic nitrogens is 2. The van der Waals surface area contributed by atoms with Crippen molar-refractivity contribution in [3.05, 3.63) is 17.7 Å². The minimum atomic E-state index is 0.631. The number of nitrogens with zero attached hydrogens (tertiary/aromatic N) is 2. The number of methoxy groups -OCH3 is 2. The van der Waals surface area contributed by atoms with E-state index in [1.165, 1.54) is 5.69 Å². The Morgan fingerprint density at radius 2 is 1.95 bits per heavy atom.